The zero-order chi connectivity index (χ0) is 14.9. The van der Waals surface area contributed by atoms with Crippen molar-refractivity contribution in [1.29, 1.82) is 0 Å². The molecule has 0 spiro atoms. The molecule has 0 unspecified atom stereocenters. The van der Waals surface area contributed by atoms with E-state index in [4.69, 9.17) is 23.2 Å². The lowest BCUT2D eigenvalue weighted by Crippen LogP contribution is -2.54. The highest BCUT2D eigenvalue weighted by Crippen LogP contribution is 2.41. The summed E-state index contributed by atoms with van der Waals surface area (Å²) in [5.41, 5.74) is 0.256. The van der Waals surface area contributed by atoms with Gasteiger partial charge in [0.1, 0.15) is 0 Å². The molecular formula is C17H21Cl2NO. The first-order valence-electron chi connectivity index (χ1n) is 7.89. The van der Waals surface area contributed by atoms with Crippen LogP contribution in [0.25, 0.3) is 0 Å². The van der Waals surface area contributed by atoms with Crippen LogP contribution in [0.3, 0.4) is 0 Å². The molecule has 114 valence electrons. The lowest BCUT2D eigenvalue weighted by atomic mass is 9.84. The molecule has 0 N–H and O–H groups in total. The van der Waals surface area contributed by atoms with Crippen LogP contribution in [0.2, 0.25) is 10.0 Å². The summed E-state index contributed by atoms with van der Waals surface area (Å²) < 4.78 is 0. The predicted octanol–water partition coefficient (Wildman–Crippen LogP) is 4.97. The molecule has 1 aromatic rings. The monoisotopic (exact) mass is 325 g/mol. The molecule has 1 aliphatic heterocycles. The zero-order valence-electron chi connectivity index (χ0n) is 12.2. The molecule has 1 saturated heterocycles. The normalized spacial score (nSPS) is 22.4. The van der Waals surface area contributed by atoms with Crippen molar-refractivity contribution in [2.75, 3.05) is 13.1 Å². The van der Waals surface area contributed by atoms with Gasteiger partial charge >= 0.3 is 0 Å². The maximum Gasteiger partial charge on any atom is 0.184 e. The Hall–Kier alpha value is -0.570. The molecule has 1 heterocycles. The smallest absolute Gasteiger partial charge is 0.184 e. The van der Waals surface area contributed by atoms with Gasteiger partial charge < -0.3 is 0 Å². The molecule has 2 aliphatic rings. The molecule has 0 bridgehead atoms. The summed E-state index contributed by atoms with van der Waals surface area (Å²) in [5, 5.41) is 0.877. The average molecular weight is 326 g/mol. The average Bonchev–Trinajstić information content (AvgIpc) is 3.01. The van der Waals surface area contributed by atoms with Gasteiger partial charge in [0.2, 0.25) is 0 Å². The van der Waals surface area contributed by atoms with Crippen molar-refractivity contribution >= 4 is 29.0 Å². The maximum atomic E-state index is 13.3. The largest absolute Gasteiger partial charge is 0.292 e. The van der Waals surface area contributed by atoms with E-state index in [1.54, 1.807) is 6.07 Å². The predicted molar refractivity (Wildman–Crippen MR) is 87.4 cm³/mol. The van der Waals surface area contributed by atoms with Crippen LogP contribution in [0.1, 0.15) is 55.3 Å². The highest BCUT2D eigenvalue weighted by molar-refractivity contribution is 6.44. The maximum absolute atomic E-state index is 13.3. The van der Waals surface area contributed by atoms with E-state index in [1.165, 1.54) is 19.3 Å². The van der Waals surface area contributed by atoms with Crippen LogP contribution in [0.15, 0.2) is 18.2 Å². The molecule has 0 radical (unpaired) electrons. The van der Waals surface area contributed by atoms with E-state index in [0.717, 1.165) is 38.8 Å². The fraction of sp³-hybridized carbons (Fsp3) is 0.588. The first kappa shape index (κ1) is 15.3. The van der Waals surface area contributed by atoms with E-state index in [1.807, 2.05) is 12.1 Å². The van der Waals surface area contributed by atoms with Gasteiger partial charge in [-0.15, -0.1) is 0 Å². The molecule has 2 fully saturated rings. The lowest BCUT2D eigenvalue weighted by Gasteiger charge is -2.42. The first-order chi connectivity index (χ1) is 10.1. The minimum atomic E-state index is -0.339. The van der Waals surface area contributed by atoms with Crippen LogP contribution in [0.5, 0.6) is 0 Å². The Bertz CT molecular complexity index is 532. The summed E-state index contributed by atoms with van der Waals surface area (Å²) in [6.45, 7) is 2.06. The number of halogens is 2. The summed E-state index contributed by atoms with van der Waals surface area (Å²) in [5.74, 6) is 0.175. The Kier molecular flexibility index (Phi) is 4.58. The second-order valence-corrected chi connectivity index (χ2v) is 7.00. The summed E-state index contributed by atoms with van der Waals surface area (Å²) in [4.78, 5) is 15.7. The molecule has 1 aromatic carbocycles. The van der Waals surface area contributed by atoms with Crippen molar-refractivity contribution in [2.24, 2.45) is 0 Å². The third-order valence-electron chi connectivity index (χ3n) is 5.01. The van der Waals surface area contributed by atoms with E-state index in [9.17, 15) is 4.79 Å². The fourth-order valence-corrected chi connectivity index (χ4v) is 4.28. The van der Waals surface area contributed by atoms with E-state index in [0.29, 0.717) is 15.6 Å². The number of carbonyl (C=O) groups is 1. The fourth-order valence-electron chi connectivity index (χ4n) is 3.90. The van der Waals surface area contributed by atoms with Gasteiger partial charge in [0, 0.05) is 5.56 Å². The Balaban J connectivity index is 1.96. The van der Waals surface area contributed by atoms with E-state index >= 15 is 0 Å². The molecule has 21 heavy (non-hydrogen) atoms. The van der Waals surface area contributed by atoms with Gasteiger partial charge in [-0.2, -0.15) is 0 Å². The summed E-state index contributed by atoms with van der Waals surface area (Å²) in [7, 11) is 0. The highest BCUT2D eigenvalue weighted by Gasteiger charge is 2.46. The second-order valence-electron chi connectivity index (χ2n) is 6.22. The number of hydrogen-bond donors (Lipinski definition) is 0. The molecule has 3 rings (SSSR count). The molecule has 0 amide bonds. The van der Waals surface area contributed by atoms with Crippen molar-refractivity contribution < 1.29 is 4.79 Å². The van der Waals surface area contributed by atoms with Crippen molar-refractivity contribution in [3.63, 3.8) is 0 Å². The van der Waals surface area contributed by atoms with Gasteiger partial charge in [0.25, 0.3) is 0 Å². The van der Waals surface area contributed by atoms with Crippen molar-refractivity contribution in [3.05, 3.63) is 33.8 Å². The van der Waals surface area contributed by atoms with Gasteiger partial charge in [0.15, 0.2) is 5.78 Å². The molecule has 1 aliphatic carbocycles. The van der Waals surface area contributed by atoms with Crippen LogP contribution in [-0.2, 0) is 0 Å². The number of rotatable bonds is 3. The Morgan fingerprint density at radius 2 is 1.67 bits per heavy atom. The van der Waals surface area contributed by atoms with Gasteiger partial charge in [-0.1, -0.05) is 48.5 Å². The van der Waals surface area contributed by atoms with Crippen LogP contribution >= 0.6 is 23.2 Å². The highest BCUT2D eigenvalue weighted by atomic mass is 35.5. The number of carbonyl (C=O) groups excluding carboxylic acids is 1. The van der Waals surface area contributed by atoms with Crippen molar-refractivity contribution in [1.82, 2.24) is 4.90 Å². The van der Waals surface area contributed by atoms with E-state index in [2.05, 4.69) is 4.90 Å². The number of piperidine rings is 1. The van der Waals surface area contributed by atoms with Crippen LogP contribution in [-0.4, -0.2) is 29.3 Å². The number of likely N-dealkylation sites (tertiary alicyclic amines) is 1. The minimum absolute atomic E-state index is 0.175. The molecular weight excluding hydrogens is 305 g/mol. The zero-order valence-corrected chi connectivity index (χ0v) is 13.7. The van der Waals surface area contributed by atoms with Crippen LogP contribution in [0.4, 0.5) is 0 Å². The second kappa shape index (κ2) is 6.28. The van der Waals surface area contributed by atoms with Crippen molar-refractivity contribution in [3.8, 4) is 0 Å². The number of hydrogen-bond acceptors (Lipinski definition) is 2. The quantitative estimate of drug-likeness (QED) is 0.731. The first-order valence-corrected chi connectivity index (χ1v) is 8.65. The van der Waals surface area contributed by atoms with Gasteiger partial charge in [-0.3, -0.25) is 9.69 Å². The van der Waals surface area contributed by atoms with E-state index in [-0.39, 0.29) is 11.3 Å². The molecule has 0 atom stereocenters. The summed E-state index contributed by atoms with van der Waals surface area (Å²) in [6.07, 6.45) is 7.82. The van der Waals surface area contributed by atoms with Crippen molar-refractivity contribution in [2.45, 2.75) is 50.5 Å². The minimum Gasteiger partial charge on any atom is -0.292 e. The van der Waals surface area contributed by atoms with Gasteiger partial charge in [-0.05, 0) is 50.9 Å². The van der Waals surface area contributed by atoms with Crippen LogP contribution in [0, 0.1) is 0 Å². The Labute approximate surface area is 136 Å². The van der Waals surface area contributed by atoms with Gasteiger partial charge in [-0.25, -0.2) is 0 Å². The summed E-state index contributed by atoms with van der Waals surface area (Å²) in [6, 6.07) is 5.38. The summed E-state index contributed by atoms with van der Waals surface area (Å²) >= 11 is 12.4. The number of benzene rings is 1. The topological polar surface area (TPSA) is 20.3 Å². The van der Waals surface area contributed by atoms with Crippen LogP contribution < -0.4 is 0 Å². The third kappa shape index (κ3) is 2.74. The molecule has 0 aromatic heterocycles. The Morgan fingerprint density at radius 1 is 1.00 bits per heavy atom. The SMILES string of the molecule is O=C(c1cccc(Cl)c1Cl)C1(N2CCCCC2)CCCC1. The molecule has 4 heteroatoms. The molecule has 2 nitrogen and oxygen atoms in total. The number of ketones is 1. The standard InChI is InChI=1S/C17H21Cl2NO/c18-14-8-6-7-13(15(14)19)16(21)17(9-2-3-10-17)20-11-4-1-5-12-20/h6-8H,1-5,9-12H2. The molecule has 1 saturated carbocycles. The number of nitrogens with zero attached hydrogens (tertiary/aromatic N) is 1. The van der Waals surface area contributed by atoms with E-state index < -0.39 is 0 Å². The third-order valence-corrected chi connectivity index (χ3v) is 5.83. The lowest BCUT2D eigenvalue weighted by molar-refractivity contribution is 0.0477. The Morgan fingerprint density at radius 3 is 2.33 bits per heavy atom. The number of Topliss-reactive ketones (excluding diaryl/α,β-unsaturated/α-hetero) is 1. The van der Waals surface area contributed by atoms with Gasteiger partial charge in [0.05, 0.1) is 15.6 Å².